The summed E-state index contributed by atoms with van der Waals surface area (Å²) in [4.78, 5) is 33.0. The van der Waals surface area contributed by atoms with E-state index in [0.717, 1.165) is 19.1 Å². The van der Waals surface area contributed by atoms with Crippen LogP contribution in [0.5, 0.6) is 0 Å². The van der Waals surface area contributed by atoms with Gasteiger partial charge in [-0.2, -0.15) is 0 Å². The fourth-order valence-electron chi connectivity index (χ4n) is 5.81. The van der Waals surface area contributed by atoms with Crippen molar-refractivity contribution in [3.8, 4) is 11.3 Å². The van der Waals surface area contributed by atoms with Crippen molar-refractivity contribution >= 4 is 39.0 Å². The maximum atomic E-state index is 13.4. The molecule has 0 radical (unpaired) electrons. The van der Waals surface area contributed by atoms with Crippen molar-refractivity contribution in [3.63, 3.8) is 0 Å². The van der Waals surface area contributed by atoms with Gasteiger partial charge < -0.3 is 21.1 Å². The summed E-state index contributed by atoms with van der Waals surface area (Å²) in [6.45, 7) is 4.26. The van der Waals surface area contributed by atoms with Gasteiger partial charge in [0.25, 0.3) is 11.8 Å². The van der Waals surface area contributed by atoms with Crippen LogP contribution in [0.4, 0.5) is 11.5 Å². The molecule has 1 atom stereocenters. The molecule has 2 aromatic heterocycles. The molecule has 2 aliphatic carbocycles. The summed E-state index contributed by atoms with van der Waals surface area (Å²) in [5.41, 5.74) is 8.21. The highest BCUT2D eigenvalue weighted by Crippen LogP contribution is 2.41. The maximum absolute atomic E-state index is 13.4. The minimum Gasteiger partial charge on any atom is -0.393 e. The van der Waals surface area contributed by atoms with E-state index in [1.807, 2.05) is 19.9 Å². The fraction of sp³-hybridized carbons (Fsp3) is 0.462. The Hall–Kier alpha value is -3.71. The van der Waals surface area contributed by atoms with Gasteiger partial charge in [-0.15, -0.1) is 5.10 Å². The lowest BCUT2D eigenvalue weighted by atomic mass is 9.76. The topological polar surface area (TPSA) is 172 Å². The molecule has 13 heteroatoms. The second-order valence-corrected chi connectivity index (χ2v) is 13.1. The quantitative estimate of drug-likeness (QED) is 0.343. The van der Waals surface area contributed by atoms with Gasteiger partial charge in [-0.1, -0.05) is 0 Å². The van der Waals surface area contributed by atoms with Crippen molar-refractivity contribution in [2.45, 2.75) is 63.8 Å². The summed E-state index contributed by atoms with van der Waals surface area (Å²) in [6, 6.07) is 5.19. The lowest BCUT2D eigenvalue weighted by molar-refractivity contribution is 0.0128. The van der Waals surface area contributed by atoms with E-state index in [9.17, 15) is 23.1 Å². The Balaban J connectivity index is 1.41. The monoisotopic (exact) mass is 553 g/mol. The normalized spacial score (nSPS) is 23.4. The van der Waals surface area contributed by atoms with Crippen molar-refractivity contribution < 1.29 is 23.1 Å². The summed E-state index contributed by atoms with van der Waals surface area (Å²) < 4.78 is 28.4. The minimum absolute atomic E-state index is 0.0179. The predicted molar refractivity (Wildman–Crippen MR) is 144 cm³/mol. The van der Waals surface area contributed by atoms with Crippen molar-refractivity contribution in [2.75, 3.05) is 16.7 Å². The van der Waals surface area contributed by atoms with Crippen LogP contribution >= 0.6 is 0 Å². The molecule has 2 amide bonds. The van der Waals surface area contributed by atoms with Crippen LogP contribution in [-0.2, 0) is 16.6 Å². The number of carbonyl (C=O) groups is 2. The van der Waals surface area contributed by atoms with E-state index < -0.39 is 27.6 Å². The van der Waals surface area contributed by atoms with E-state index in [1.54, 1.807) is 23.2 Å². The predicted octanol–water partition coefficient (Wildman–Crippen LogP) is 1.75. The van der Waals surface area contributed by atoms with Crippen LogP contribution in [0.2, 0.25) is 0 Å². The van der Waals surface area contributed by atoms with Gasteiger partial charge >= 0.3 is 0 Å². The summed E-state index contributed by atoms with van der Waals surface area (Å²) in [6.07, 6.45) is 5.26. The molecule has 0 saturated heterocycles. The summed E-state index contributed by atoms with van der Waals surface area (Å²) in [5, 5.41) is 16.8. The molecule has 206 valence electrons. The number of benzene rings is 1. The Morgan fingerprint density at radius 2 is 2.00 bits per heavy atom. The lowest BCUT2D eigenvalue weighted by Gasteiger charge is -2.43. The molecule has 0 spiro atoms. The number of anilines is 2. The molecule has 1 unspecified atom stereocenters. The zero-order valence-electron chi connectivity index (χ0n) is 21.9. The first-order valence-electron chi connectivity index (χ1n) is 12.9. The molecule has 39 heavy (non-hydrogen) atoms. The van der Waals surface area contributed by atoms with Crippen molar-refractivity contribution in [1.29, 1.82) is 0 Å². The number of nitrogens with one attached hydrogen (secondary N) is 2. The van der Waals surface area contributed by atoms with Crippen LogP contribution < -0.4 is 15.8 Å². The number of amides is 2. The number of aliphatic hydroxyl groups is 1. The number of fused-ring (bicyclic) bond motifs is 2. The summed E-state index contributed by atoms with van der Waals surface area (Å²) in [5.74, 6) is -0.155. The molecule has 3 aliphatic rings. The van der Waals surface area contributed by atoms with Crippen molar-refractivity contribution in [2.24, 2.45) is 5.92 Å². The Kier molecular flexibility index (Phi) is 5.67. The highest BCUT2D eigenvalue weighted by atomic mass is 32.2. The molecule has 2 fully saturated rings. The Morgan fingerprint density at radius 3 is 2.64 bits per heavy atom. The number of nitrogen functional groups attached to an aromatic ring is 1. The van der Waals surface area contributed by atoms with Crippen LogP contribution in [0.3, 0.4) is 0 Å². The second kappa shape index (κ2) is 8.65. The van der Waals surface area contributed by atoms with E-state index in [1.165, 1.54) is 4.52 Å². The molecule has 1 aromatic carbocycles. The van der Waals surface area contributed by atoms with E-state index in [4.69, 9.17) is 5.73 Å². The molecule has 2 saturated carbocycles. The molecule has 6 rings (SSSR count). The van der Waals surface area contributed by atoms with Crippen LogP contribution in [0.1, 0.15) is 65.8 Å². The van der Waals surface area contributed by atoms with Gasteiger partial charge in [0, 0.05) is 29.9 Å². The van der Waals surface area contributed by atoms with Crippen LogP contribution in [-0.4, -0.2) is 68.8 Å². The lowest BCUT2D eigenvalue weighted by Crippen LogP contribution is -2.57. The molecule has 1 aliphatic heterocycles. The Bertz CT molecular complexity index is 1640. The second-order valence-electron chi connectivity index (χ2n) is 11.4. The average Bonchev–Trinajstić information content (AvgIpc) is 3.53. The van der Waals surface area contributed by atoms with Crippen LogP contribution in [0, 0.1) is 5.92 Å². The Labute approximate surface area is 225 Å². The number of carbonyl (C=O) groups excluding carboxylic acids is 2. The number of nitrogens with zero attached hydrogens (tertiary/aromatic N) is 4. The van der Waals surface area contributed by atoms with Gasteiger partial charge in [0.15, 0.2) is 11.5 Å². The number of hydrogen-bond donors (Lipinski definition) is 4. The first-order valence-corrected chi connectivity index (χ1v) is 14.8. The van der Waals surface area contributed by atoms with Gasteiger partial charge in [-0.25, -0.2) is 17.9 Å². The van der Waals surface area contributed by atoms with E-state index in [0.29, 0.717) is 47.7 Å². The molecule has 3 heterocycles. The third-order valence-electron chi connectivity index (χ3n) is 7.95. The van der Waals surface area contributed by atoms with Crippen LogP contribution in [0.25, 0.3) is 16.9 Å². The Morgan fingerprint density at radius 1 is 1.28 bits per heavy atom. The molecule has 0 bridgehead atoms. The summed E-state index contributed by atoms with van der Waals surface area (Å²) in [7, 11) is -3.67. The summed E-state index contributed by atoms with van der Waals surface area (Å²) >= 11 is 0. The molecule has 5 N–H and O–H groups in total. The van der Waals surface area contributed by atoms with Crippen LogP contribution in [0.15, 0.2) is 24.4 Å². The standard InChI is InChI=1S/C26H31N7O5S/c1-13(14-4-5-14)32-12-16-8-15(9-19(20(16)25(32)36)31-39(3,37)38)18-6-7-33-23(28-18)21(22(27)30-33)24(35)29-26(2)10-17(34)11-26/h6-9,13-14,17,31,34H,4-5,10-12H2,1-3H3,(H2,27,30)(H,29,35)/t13?,17-,26-. The largest absolute Gasteiger partial charge is 0.393 e. The number of aliphatic hydroxyl groups excluding tert-OH is 1. The molecular weight excluding hydrogens is 522 g/mol. The highest BCUT2D eigenvalue weighted by molar-refractivity contribution is 7.92. The number of nitrogens with two attached hydrogens (primary N) is 1. The maximum Gasteiger partial charge on any atom is 0.259 e. The van der Waals surface area contributed by atoms with Gasteiger partial charge in [0.05, 0.1) is 29.3 Å². The SMILES string of the molecule is CC(C1CC1)N1Cc2cc(-c3ccn4nc(N)c(C(=O)N[C@]5(C)C[C@@H](O)C5)c4n3)cc(NS(C)(=O)=O)c2C1=O. The minimum atomic E-state index is -3.67. The number of rotatable bonds is 7. The van der Waals surface area contributed by atoms with Crippen molar-refractivity contribution in [1.82, 2.24) is 24.8 Å². The third kappa shape index (κ3) is 4.59. The molecule has 3 aromatic rings. The van der Waals surface area contributed by atoms with Gasteiger partial charge in [-0.05, 0) is 69.2 Å². The van der Waals surface area contributed by atoms with E-state index in [2.05, 4.69) is 20.1 Å². The first kappa shape index (κ1) is 25.6. The van der Waals surface area contributed by atoms with Gasteiger partial charge in [0.2, 0.25) is 10.0 Å². The molecule has 12 nitrogen and oxygen atoms in total. The van der Waals surface area contributed by atoms with E-state index in [-0.39, 0.29) is 34.7 Å². The molecular formula is C26H31N7O5S. The number of sulfonamides is 1. The fourth-order valence-corrected chi connectivity index (χ4v) is 6.37. The first-order chi connectivity index (χ1) is 18.3. The number of hydrogen-bond acceptors (Lipinski definition) is 8. The van der Waals surface area contributed by atoms with Gasteiger partial charge in [-0.3, -0.25) is 14.3 Å². The smallest absolute Gasteiger partial charge is 0.259 e. The van der Waals surface area contributed by atoms with Gasteiger partial charge in [0.1, 0.15) is 5.56 Å². The number of aromatic nitrogens is 3. The van der Waals surface area contributed by atoms with Crippen molar-refractivity contribution in [3.05, 3.63) is 41.1 Å². The highest BCUT2D eigenvalue weighted by Gasteiger charge is 2.42. The average molecular weight is 554 g/mol. The zero-order chi connectivity index (χ0) is 27.9. The third-order valence-corrected chi connectivity index (χ3v) is 8.54. The van der Waals surface area contributed by atoms with E-state index >= 15 is 0 Å². The zero-order valence-corrected chi connectivity index (χ0v) is 22.7.